The second-order valence-electron chi connectivity index (χ2n) is 5.07. The van der Waals surface area contributed by atoms with E-state index >= 15 is 0 Å². The number of nitrogens with zero attached hydrogens (tertiary/aromatic N) is 2. The van der Waals surface area contributed by atoms with E-state index in [-0.39, 0.29) is 0 Å². The van der Waals surface area contributed by atoms with Crippen LogP contribution in [0.4, 0.5) is 0 Å². The van der Waals surface area contributed by atoms with Gasteiger partial charge in [0.15, 0.2) is 0 Å². The summed E-state index contributed by atoms with van der Waals surface area (Å²) in [5, 5.41) is 12.2. The molecule has 1 N–H and O–H groups in total. The first kappa shape index (κ1) is 15.0. The van der Waals surface area contributed by atoms with E-state index < -0.39 is 0 Å². The summed E-state index contributed by atoms with van der Waals surface area (Å²) in [5.74, 6) is 1.31. The molecule has 0 radical (unpaired) electrons. The summed E-state index contributed by atoms with van der Waals surface area (Å²) in [6.45, 7) is 5.22. The number of aromatic nitrogens is 2. The fourth-order valence-corrected chi connectivity index (χ4v) is 2.10. The van der Waals surface area contributed by atoms with Crippen molar-refractivity contribution in [3.8, 4) is 0 Å². The Morgan fingerprint density at radius 2 is 1.95 bits per heavy atom. The number of benzene rings is 1. The highest BCUT2D eigenvalue weighted by atomic mass is 35.5. The molecular formula is C15H20ClN3O. The first-order valence-electron chi connectivity index (χ1n) is 6.93. The van der Waals surface area contributed by atoms with Crippen LogP contribution in [0.3, 0.4) is 0 Å². The third kappa shape index (κ3) is 4.62. The number of hydrogen-bond donors (Lipinski definition) is 1. The zero-order valence-corrected chi connectivity index (χ0v) is 12.7. The Balaban J connectivity index is 1.85. The summed E-state index contributed by atoms with van der Waals surface area (Å²) in [7, 11) is 0. The Labute approximate surface area is 124 Å². The van der Waals surface area contributed by atoms with Crippen LogP contribution in [-0.2, 0) is 12.8 Å². The molecule has 0 fully saturated rings. The molecule has 2 aromatic rings. The van der Waals surface area contributed by atoms with Gasteiger partial charge in [0.1, 0.15) is 0 Å². The van der Waals surface area contributed by atoms with Gasteiger partial charge in [-0.05, 0) is 24.6 Å². The van der Waals surface area contributed by atoms with Gasteiger partial charge in [-0.1, -0.05) is 43.6 Å². The maximum Gasteiger partial charge on any atom is 0.220 e. The van der Waals surface area contributed by atoms with E-state index in [0.29, 0.717) is 24.2 Å². The largest absolute Gasteiger partial charge is 0.425 e. The van der Waals surface area contributed by atoms with Crippen molar-refractivity contribution in [2.75, 3.05) is 6.54 Å². The predicted octanol–water partition coefficient (Wildman–Crippen LogP) is 3.24. The van der Waals surface area contributed by atoms with E-state index in [1.807, 2.05) is 24.3 Å². The van der Waals surface area contributed by atoms with Crippen LogP contribution in [0.5, 0.6) is 0 Å². The highest BCUT2D eigenvalue weighted by Gasteiger charge is 2.08. The van der Waals surface area contributed by atoms with Crippen molar-refractivity contribution < 1.29 is 4.42 Å². The van der Waals surface area contributed by atoms with Crippen LogP contribution in [0.2, 0.25) is 5.02 Å². The minimum Gasteiger partial charge on any atom is -0.425 e. The lowest BCUT2D eigenvalue weighted by molar-refractivity contribution is 0.446. The van der Waals surface area contributed by atoms with E-state index in [4.69, 9.17) is 16.0 Å². The fraction of sp³-hybridized carbons (Fsp3) is 0.467. The topological polar surface area (TPSA) is 51.0 Å². The first-order chi connectivity index (χ1) is 9.65. The van der Waals surface area contributed by atoms with E-state index in [1.54, 1.807) is 0 Å². The summed E-state index contributed by atoms with van der Waals surface area (Å²) in [6.07, 6.45) is 2.37. The van der Waals surface area contributed by atoms with Gasteiger partial charge in [-0.25, -0.2) is 0 Å². The zero-order valence-electron chi connectivity index (χ0n) is 11.9. The Hall–Kier alpha value is -1.39. The van der Waals surface area contributed by atoms with Crippen LogP contribution in [0.15, 0.2) is 28.7 Å². The SMILES string of the molecule is CC(C)NCCCc1nnc(Cc2ccccc2Cl)o1. The number of hydrogen-bond acceptors (Lipinski definition) is 4. The van der Waals surface area contributed by atoms with Crippen LogP contribution in [-0.4, -0.2) is 22.8 Å². The molecule has 0 aliphatic heterocycles. The number of nitrogens with one attached hydrogen (secondary N) is 1. The highest BCUT2D eigenvalue weighted by Crippen LogP contribution is 2.18. The lowest BCUT2D eigenvalue weighted by Crippen LogP contribution is -2.23. The Morgan fingerprint density at radius 3 is 2.70 bits per heavy atom. The van der Waals surface area contributed by atoms with E-state index in [9.17, 15) is 0 Å². The highest BCUT2D eigenvalue weighted by molar-refractivity contribution is 6.31. The zero-order chi connectivity index (χ0) is 14.4. The summed E-state index contributed by atoms with van der Waals surface area (Å²) in [6, 6.07) is 8.21. The van der Waals surface area contributed by atoms with Crippen LogP contribution in [0.1, 0.15) is 37.6 Å². The quantitative estimate of drug-likeness (QED) is 0.796. The van der Waals surface area contributed by atoms with Crippen molar-refractivity contribution >= 4 is 11.6 Å². The van der Waals surface area contributed by atoms with Gasteiger partial charge in [-0.2, -0.15) is 0 Å². The number of rotatable bonds is 7. The molecule has 20 heavy (non-hydrogen) atoms. The van der Waals surface area contributed by atoms with Gasteiger partial charge in [-0.3, -0.25) is 0 Å². The second-order valence-corrected chi connectivity index (χ2v) is 5.48. The average molecular weight is 294 g/mol. The summed E-state index contributed by atoms with van der Waals surface area (Å²) >= 11 is 6.11. The van der Waals surface area contributed by atoms with Gasteiger partial charge in [0.05, 0.1) is 6.42 Å². The first-order valence-corrected chi connectivity index (χ1v) is 7.31. The van der Waals surface area contributed by atoms with Crippen LogP contribution in [0.25, 0.3) is 0 Å². The van der Waals surface area contributed by atoms with Gasteiger partial charge in [0.2, 0.25) is 11.8 Å². The van der Waals surface area contributed by atoms with E-state index in [1.165, 1.54) is 0 Å². The average Bonchev–Trinajstić information content (AvgIpc) is 2.85. The molecule has 0 atom stereocenters. The van der Waals surface area contributed by atoms with Crippen LogP contribution in [0, 0.1) is 0 Å². The molecular weight excluding hydrogens is 274 g/mol. The van der Waals surface area contributed by atoms with E-state index in [2.05, 4.69) is 29.4 Å². The fourth-order valence-electron chi connectivity index (χ4n) is 1.90. The van der Waals surface area contributed by atoms with Crippen molar-refractivity contribution in [1.82, 2.24) is 15.5 Å². The molecule has 0 saturated heterocycles. The molecule has 0 amide bonds. The monoisotopic (exact) mass is 293 g/mol. The number of aryl methyl sites for hydroxylation is 1. The number of halogens is 1. The molecule has 1 aromatic carbocycles. The summed E-state index contributed by atoms with van der Waals surface area (Å²) in [5.41, 5.74) is 1.01. The van der Waals surface area contributed by atoms with Crippen molar-refractivity contribution in [3.63, 3.8) is 0 Å². The molecule has 4 nitrogen and oxygen atoms in total. The molecule has 108 valence electrons. The van der Waals surface area contributed by atoms with Crippen molar-refractivity contribution in [2.45, 2.75) is 39.2 Å². The minimum absolute atomic E-state index is 0.508. The van der Waals surface area contributed by atoms with Gasteiger partial charge in [-0.15, -0.1) is 10.2 Å². The van der Waals surface area contributed by atoms with Crippen molar-refractivity contribution in [2.24, 2.45) is 0 Å². The summed E-state index contributed by atoms with van der Waals surface area (Å²) in [4.78, 5) is 0. The third-order valence-electron chi connectivity index (χ3n) is 2.93. The van der Waals surface area contributed by atoms with Gasteiger partial charge < -0.3 is 9.73 Å². The predicted molar refractivity (Wildman–Crippen MR) is 80.0 cm³/mol. The molecule has 0 spiro atoms. The van der Waals surface area contributed by atoms with Crippen LogP contribution < -0.4 is 5.32 Å². The molecule has 1 heterocycles. The molecule has 0 bridgehead atoms. The molecule has 0 unspecified atom stereocenters. The van der Waals surface area contributed by atoms with Gasteiger partial charge >= 0.3 is 0 Å². The Bertz CT molecular complexity index is 539. The van der Waals surface area contributed by atoms with Crippen molar-refractivity contribution in [3.05, 3.63) is 46.6 Å². The lowest BCUT2D eigenvalue weighted by atomic mass is 10.1. The maximum absolute atomic E-state index is 6.11. The van der Waals surface area contributed by atoms with E-state index in [0.717, 1.165) is 30.0 Å². The summed E-state index contributed by atoms with van der Waals surface area (Å²) < 4.78 is 5.64. The normalized spacial score (nSPS) is 11.2. The smallest absolute Gasteiger partial charge is 0.220 e. The molecule has 0 aliphatic carbocycles. The molecule has 1 aromatic heterocycles. The third-order valence-corrected chi connectivity index (χ3v) is 3.30. The minimum atomic E-state index is 0.508. The van der Waals surface area contributed by atoms with Crippen LogP contribution >= 0.6 is 11.6 Å². The molecule has 0 aliphatic rings. The molecule has 0 saturated carbocycles. The molecule has 2 rings (SSSR count). The second kappa shape index (κ2) is 7.41. The van der Waals surface area contributed by atoms with Gasteiger partial charge in [0, 0.05) is 17.5 Å². The Kier molecular flexibility index (Phi) is 5.56. The Morgan fingerprint density at radius 1 is 1.20 bits per heavy atom. The van der Waals surface area contributed by atoms with Gasteiger partial charge in [0.25, 0.3) is 0 Å². The standard InChI is InChI=1S/C15H20ClN3O/c1-11(2)17-9-5-8-14-18-19-15(20-14)10-12-6-3-4-7-13(12)16/h3-4,6-7,11,17H,5,8-10H2,1-2H3. The lowest BCUT2D eigenvalue weighted by Gasteiger charge is -2.05. The maximum atomic E-state index is 6.11. The van der Waals surface area contributed by atoms with Crippen molar-refractivity contribution in [1.29, 1.82) is 0 Å². The molecule has 5 heteroatoms.